The topological polar surface area (TPSA) is 51.2 Å². The van der Waals surface area contributed by atoms with Gasteiger partial charge in [0.1, 0.15) is 0 Å². The second kappa shape index (κ2) is 6.52. The van der Waals surface area contributed by atoms with Gasteiger partial charge in [-0.3, -0.25) is 4.79 Å². The first-order valence-electron chi connectivity index (χ1n) is 6.44. The summed E-state index contributed by atoms with van der Waals surface area (Å²) >= 11 is 1.54. The van der Waals surface area contributed by atoms with Gasteiger partial charge in [0.2, 0.25) is 0 Å². The monoisotopic (exact) mass is 290 g/mol. The number of anilines is 2. The highest BCUT2D eigenvalue weighted by Crippen LogP contribution is 2.23. The minimum Gasteiger partial charge on any atom is -0.469 e. The number of aromatic nitrogens is 1. The molecule has 0 aliphatic heterocycles. The number of hydrogen-bond donors (Lipinski definition) is 1. The van der Waals surface area contributed by atoms with Gasteiger partial charge in [-0.15, -0.1) is 11.3 Å². The average molecular weight is 290 g/mol. The lowest BCUT2D eigenvalue weighted by atomic mass is 10.1. The van der Waals surface area contributed by atoms with Crippen molar-refractivity contribution in [2.24, 2.45) is 0 Å². The molecule has 0 atom stereocenters. The van der Waals surface area contributed by atoms with E-state index in [2.05, 4.69) is 41.0 Å². The molecule has 1 N–H and O–H groups in total. The number of carbonyl (C=O) groups excluding carboxylic acids is 1. The Morgan fingerprint density at radius 1 is 1.35 bits per heavy atom. The molecule has 1 aromatic heterocycles. The predicted octanol–water partition coefficient (Wildman–Crippen LogP) is 3.61. The van der Waals surface area contributed by atoms with Crippen molar-refractivity contribution >= 4 is 28.1 Å². The fourth-order valence-corrected chi connectivity index (χ4v) is 2.52. The zero-order chi connectivity index (χ0) is 14.5. The Kier molecular flexibility index (Phi) is 4.74. The number of hydrogen-bond acceptors (Lipinski definition) is 5. The van der Waals surface area contributed by atoms with Crippen LogP contribution in [0.5, 0.6) is 0 Å². The summed E-state index contributed by atoms with van der Waals surface area (Å²) in [6.45, 7) is 4.18. The van der Waals surface area contributed by atoms with Gasteiger partial charge >= 0.3 is 5.97 Å². The lowest BCUT2D eigenvalue weighted by Gasteiger charge is -2.05. The normalized spacial score (nSPS) is 10.3. The van der Waals surface area contributed by atoms with Crippen LogP contribution in [0.25, 0.3) is 0 Å². The van der Waals surface area contributed by atoms with Crippen LogP contribution in [0.2, 0.25) is 0 Å². The zero-order valence-electron chi connectivity index (χ0n) is 11.9. The molecular formula is C15H18N2O2S. The van der Waals surface area contributed by atoms with E-state index in [1.165, 1.54) is 29.6 Å². The number of nitrogens with one attached hydrogen (secondary N) is 1. The van der Waals surface area contributed by atoms with Crippen LogP contribution >= 0.6 is 11.3 Å². The van der Waals surface area contributed by atoms with E-state index >= 15 is 0 Å². The lowest BCUT2D eigenvalue weighted by Crippen LogP contribution is -2.02. The molecule has 0 radical (unpaired) electrons. The van der Waals surface area contributed by atoms with Gasteiger partial charge in [0.25, 0.3) is 0 Å². The van der Waals surface area contributed by atoms with Crippen LogP contribution in [0.4, 0.5) is 10.8 Å². The maximum atomic E-state index is 11.1. The maximum Gasteiger partial charge on any atom is 0.305 e. The number of aryl methyl sites for hydroxylation is 3. The molecule has 0 amide bonds. The van der Waals surface area contributed by atoms with E-state index < -0.39 is 0 Å². The van der Waals surface area contributed by atoms with Gasteiger partial charge in [0.05, 0.1) is 19.2 Å². The molecule has 0 saturated heterocycles. The Labute approximate surface area is 122 Å². The first-order valence-corrected chi connectivity index (χ1v) is 7.32. The SMILES string of the molecule is COC(=O)CCc1csc(Nc2ccc(C)c(C)c2)n1. The molecule has 1 heterocycles. The number of esters is 1. The van der Waals surface area contributed by atoms with Gasteiger partial charge in [-0.2, -0.15) is 0 Å². The second-order valence-electron chi connectivity index (χ2n) is 4.64. The molecule has 0 unspecified atom stereocenters. The summed E-state index contributed by atoms with van der Waals surface area (Å²) in [5, 5.41) is 6.09. The van der Waals surface area contributed by atoms with Gasteiger partial charge in [-0.25, -0.2) is 4.98 Å². The summed E-state index contributed by atoms with van der Waals surface area (Å²) in [4.78, 5) is 15.6. The van der Waals surface area contributed by atoms with E-state index in [4.69, 9.17) is 0 Å². The van der Waals surface area contributed by atoms with E-state index in [1.54, 1.807) is 0 Å². The second-order valence-corrected chi connectivity index (χ2v) is 5.50. The van der Waals surface area contributed by atoms with Crippen molar-refractivity contribution < 1.29 is 9.53 Å². The Balaban J connectivity index is 1.98. The Morgan fingerprint density at radius 3 is 2.85 bits per heavy atom. The van der Waals surface area contributed by atoms with E-state index in [-0.39, 0.29) is 5.97 Å². The van der Waals surface area contributed by atoms with Gasteiger partial charge in [-0.05, 0) is 37.1 Å². The molecule has 0 bridgehead atoms. The lowest BCUT2D eigenvalue weighted by molar-refractivity contribution is -0.140. The first kappa shape index (κ1) is 14.5. The van der Waals surface area contributed by atoms with Crippen LogP contribution in [0.3, 0.4) is 0 Å². The number of nitrogens with zero attached hydrogens (tertiary/aromatic N) is 1. The molecular weight excluding hydrogens is 272 g/mol. The van der Waals surface area contributed by atoms with Crippen molar-refractivity contribution in [3.63, 3.8) is 0 Å². The van der Waals surface area contributed by atoms with Crippen molar-refractivity contribution in [2.45, 2.75) is 26.7 Å². The number of thiazole rings is 1. The van der Waals surface area contributed by atoms with Crippen molar-refractivity contribution in [1.29, 1.82) is 0 Å². The average Bonchev–Trinajstić information content (AvgIpc) is 2.88. The smallest absolute Gasteiger partial charge is 0.305 e. The third-order valence-electron chi connectivity index (χ3n) is 3.12. The summed E-state index contributed by atoms with van der Waals surface area (Å²) < 4.78 is 4.62. The molecule has 20 heavy (non-hydrogen) atoms. The largest absolute Gasteiger partial charge is 0.469 e. The Hall–Kier alpha value is -1.88. The van der Waals surface area contributed by atoms with Gasteiger partial charge in [-0.1, -0.05) is 6.07 Å². The van der Waals surface area contributed by atoms with Crippen LogP contribution in [0.15, 0.2) is 23.6 Å². The van der Waals surface area contributed by atoms with E-state index in [1.807, 2.05) is 11.4 Å². The van der Waals surface area contributed by atoms with E-state index in [0.717, 1.165) is 16.5 Å². The third kappa shape index (κ3) is 3.81. The minimum atomic E-state index is -0.207. The summed E-state index contributed by atoms with van der Waals surface area (Å²) in [7, 11) is 1.40. The molecule has 0 aliphatic rings. The molecule has 2 aromatic rings. The summed E-state index contributed by atoms with van der Waals surface area (Å²) in [6.07, 6.45) is 0.973. The summed E-state index contributed by atoms with van der Waals surface area (Å²) in [5.41, 5.74) is 4.46. The van der Waals surface area contributed by atoms with Crippen LogP contribution in [-0.4, -0.2) is 18.1 Å². The van der Waals surface area contributed by atoms with Gasteiger partial charge in [0.15, 0.2) is 5.13 Å². The molecule has 2 rings (SSSR count). The third-order valence-corrected chi connectivity index (χ3v) is 3.93. The van der Waals surface area contributed by atoms with Crippen LogP contribution in [0, 0.1) is 13.8 Å². The molecule has 4 nitrogen and oxygen atoms in total. The molecule has 0 saturated carbocycles. The maximum absolute atomic E-state index is 11.1. The Morgan fingerprint density at radius 2 is 2.15 bits per heavy atom. The van der Waals surface area contributed by atoms with Crippen LogP contribution in [-0.2, 0) is 16.0 Å². The predicted molar refractivity (Wildman–Crippen MR) is 81.6 cm³/mol. The highest BCUT2D eigenvalue weighted by Gasteiger charge is 2.06. The van der Waals surface area contributed by atoms with Crippen molar-refractivity contribution in [2.75, 3.05) is 12.4 Å². The number of methoxy groups -OCH3 is 1. The van der Waals surface area contributed by atoms with E-state index in [9.17, 15) is 4.79 Å². The highest BCUT2D eigenvalue weighted by atomic mass is 32.1. The summed E-state index contributed by atoms with van der Waals surface area (Å²) in [5.74, 6) is -0.207. The standard InChI is InChI=1S/C15H18N2O2S/c1-10-4-5-12(8-11(10)2)16-15-17-13(9-20-15)6-7-14(18)19-3/h4-5,8-9H,6-7H2,1-3H3,(H,16,17). The molecule has 0 aliphatic carbocycles. The molecule has 5 heteroatoms. The fourth-order valence-electron chi connectivity index (χ4n) is 1.75. The number of benzene rings is 1. The number of carbonyl (C=O) groups is 1. The van der Waals surface area contributed by atoms with Crippen LogP contribution < -0.4 is 5.32 Å². The van der Waals surface area contributed by atoms with Gasteiger partial charge < -0.3 is 10.1 Å². The Bertz CT molecular complexity index is 608. The molecule has 1 aromatic carbocycles. The highest BCUT2D eigenvalue weighted by molar-refractivity contribution is 7.13. The van der Waals surface area contributed by atoms with Crippen molar-refractivity contribution in [1.82, 2.24) is 4.98 Å². The number of rotatable bonds is 5. The quantitative estimate of drug-likeness (QED) is 0.855. The summed E-state index contributed by atoms with van der Waals surface area (Å²) in [6, 6.07) is 6.23. The van der Waals surface area contributed by atoms with E-state index in [0.29, 0.717) is 12.8 Å². The molecule has 106 valence electrons. The van der Waals surface area contributed by atoms with Crippen LogP contribution in [0.1, 0.15) is 23.2 Å². The molecule has 0 fully saturated rings. The minimum absolute atomic E-state index is 0.207. The number of ether oxygens (including phenoxy) is 1. The zero-order valence-corrected chi connectivity index (χ0v) is 12.7. The fraction of sp³-hybridized carbons (Fsp3) is 0.333. The van der Waals surface area contributed by atoms with Crippen molar-refractivity contribution in [3.8, 4) is 0 Å². The van der Waals surface area contributed by atoms with Crippen molar-refractivity contribution in [3.05, 3.63) is 40.4 Å². The molecule has 0 spiro atoms. The first-order chi connectivity index (χ1) is 9.58. The van der Waals surface area contributed by atoms with Gasteiger partial charge in [0, 0.05) is 17.5 Å².